The largest absolute Gasteiger partial charge is 0.326 e. The molecule has 1 N–H and O–H groups in total. The number of fused-ring (bicyclic) bond motifs is 1. The van der Waals surface area contributed by atoms with E-state index in [4.69, 9.17) is 0 Å². The zero-order valence-corrected chi connectivity index (χ0v) is 9.40. The summed E-state index contributed by atoms with van der Waals surface area (Å²) in [5.41, 5.74) is 3.78. The average Bonchev–Trinajstić information content (AvgIpc) is 2.74. The van der Waals surface area contributed by atoms with Crippen molar-refractivity contribution in [2.45, 2.75) is 20.0 Å². The van der Waals surface area contributed by atoms with E-state index in [2.05, 4.69) is 46.1 Å². The first-order chi connectivity index (χ1) is 7.84. The minimum Gasteiger partial charge on any atom is -0.326 e. The molecule has 82 valence electrons. The second-order valence-electron chi connectivity index (χ2n) is 4.25. The molecule has 3 heteroatoms. The minimum atomic E-state index is 0.881. The molecular weight excluding hydrogens is 198 g/mol. The number of nitrogens with zero attached hydrogens (tertiary/aromatic N) is 2. The van der Waals surface area contributed by atoms with Gasteiger partial charge in [-0.25, -0.2) is 4.98 Å². The van der Waals surface area contributed by atoms with Gasteiger partial charge in [0, 0.05) is 13.1 Å². The van der Waals surface area contributed by atoms with E-state index in [0.717, 1.165) is 25.5 Å². The second-order valence-corrected chi connectivity index (χ2v) is 4.25. The lowest BCUT2D eigenvalue weighted by molar-refractivity contribution is 0.508. The maximum Gasteiger partial charge on any atom is 0.123 e. The van der Waals surface area contributed by atoms with Gasteiger partial charge >= 0.3 is 0 Å². The predicted octanol–water partition coefficient (Wildman–Crippen LogP) is 1.96. The summed E-state index contributed by atoms with van der Waals surface area (Å²) in [7, 11) is 0. The first-order valence-electron chi connectivity index (χ1n) is 5.67. The Balaban J connectivity index is 2.06. The number of benzene rings is 1. The Morgan fingerprint density at radius 3 is 2.88 bits per heavy atom. The Bertz CT molecular complexity index is 496. The lowest BCUT2D eigenvalue weighted by Gasteiger charge is -2.17. The van der Waals surface area contributed by atoms with E-state index >= 15 is 0 Å². The molecular formula is C13H15N3. The maximum atomic E-state index is 4.46. The first kappa shape index (κ1) is 9.60. The van der Waals surface area contributed by atoms with Crippen LogP contribution in [0, 0.1) is 6.92 Å². The van der Waals surface area contributed by atoms with E-state index < -0.39 is 0 Å². The summed E-state index contributed by atoms with van der Waals surface area (Å²) in [5, 5.41) is 3.33. The van der Waals surface area contributed by atoms with Gasteiger partial charge in [-0.1, -0.05) is 29.8 Å². The van der Waals surface area contributed by atoms with Crippen LogP contribution in [0.15, 0.2) is 30.5 Å². The van der Waals surface area contributed by atoms with Crippen molar-refractivity contribution in [2.75, 3.05) is 6.54 Å². The lowest BCUT2D eigenvalue weighted by Crippen LogP contribution is -2.28. The molecule has 1 aromatic carbocycles. The monoisotopic (exact) mass is 213 g/mol. The van der Waals surface area contributed by atoms with Crippen LogP contribution in [0.1, 0.15) is 11.4 Å². The molecule has 16 heavy (non-hydrogen) atoms. The summed E-state index contributed by atoms with van der Waals surface area (Å²) in [6.07, 6.45) is 1.98. The fourth-order valence-electron chi connectivity index (χ4n) is 2.15. The Morgan fingerprint density at radius 1 is 1.25 bits per heavy atom. The van der Waals surface area contributed by atoms with Gasteiger partial charge in [0.2, 0.25) is 0 Å². The molecule has 0 atom stereocenters. The number of aryl methyl sites for hydroxylation is 1. The molecule has 0 saturated carbocycles. The standard InChI is InChI=1S/C13H15N3/c1-10-2-4-11(5-3-10)12-8-15-13-9-14-6-7-16(12)13/h2-5,8,14H,6-7,9H2,1H3. The van der Waals surface area contributed by atoms with Crippen LogP contribution >= 0.6 is 0 Å². The highest BCUT2D eigenvalue weighted by Gasteiger charge is 2.14. The fourth-order valence-corrected chi connectivity index (χ4v) is 2.15. The summed E-state index contributed by atoms with van der Waals surface area (Å²) in [5.74, 6) is 1.14. The van der Waals surface area contributed by atoms with Gasteiger partial charge in [0.1, 0.15) is 5.82 Å². The highest BCUT2D eigenvalue weighted by molar-refractivity contribution is 5.59. The molecule has 3 nitrogen and oxygen atoms in total. The molecule has 1 aromatic heterocycles. The van der Waals surface area contributed by atoms with Gasteiger partial charge in [-0.15, -0.1) is 0 Å². The number of rotatable bonds is 1. The summed E-state index contributed by atoms with van der Waals surface area (Å²) in [6.45, 7) is 5.03. The van der Waals surface area contributed by atoms with Crippen LogP contribution in [0.25, 0.3) is 11.3 Å². The van der Waals surface area contributed by atoms with Gasteiger partial charge in [-0.2, -0.15) is 0 Å². The van der Waals surface area contributed by atoms with Crippen LogP contribution in [-0.2, 0) is 13.1 Å². The summed E-state index contributed by atoms with van der Waals surface area (Å²) in [6, 6.07) is 8.63. The smallest absolute Gasteiger partial charge is 0.123 e. The molecule has 0 radical (unpaired) electrons. The van der Waals surface area contributed by atoms with Gasteiger partial charge in [0.25, 0.3) is 0 Å². The Labute approximate surface area is 95.1 Å². The molecule has 0 fully saturated rings. The highest BCUT2D eigenvalue weighted by atomic mass is 15.2. The van der Waals surface area contributed by atoms with E-state index in [1.165, 1.54) is 16.8 Å². The summed E-state index contributed by atoms with van der Waals surface area (Å²) >= 11 is 0. The molecule has 0 saturated heterocycles. The zero-order valence-electron chi connectivity index (χ0n) is 9.40. The first-order valence-corrected chi connectivity index (χ1v) is 5.67. The predicted molar refractivity (Wildman–Crippen MR) is 64.1 cm³/mol. The van der Waals surface area contributed by atoms with Gasteiger partial charge in [-0.3, -0.25) is 0 Å². The van der Waals surface area contributed by atoms with Gasteiger partial charge < -0.3 is 9.88 Å². The molecule has 2 heterocycles. The van der Waals surface area contributed by atoms with Crippen molar-refractivity contribution >= 4 is 0 Å². The molecule has 1 aliphatic heterocycles. The quantitative estimate of drug-likeness (QED) is 0.784. The van der Waals surface area contributed by atoms with Crippen LogP contribution in [0.3, 0.4) is 0 Å². The molecule has 0 spiro atoms. The number of imidazole rings is 1. The molecule has 3 rings (SSSR count). The molecule has 0 amide bonds. The van der Waals surface area contributed by atoms with Crippen LogP contribution in [0.4, 0.5) is 0 Å². The topological polar surface area (TPSA) is 29.9 Å². The van der Waals surface area contributed by atoms with Gasteiger partial charge in [0.05, 0.1) is 18.4 Å². The van der Waals surface area contributed by atoms with Gasteiger partial charge in [-0.05, 0) is 12.5 Å². The fraction of sp³-hybridized carbons (Fsp3) is 0.308. The third kappa shape index (κ3) is 1.53. The lowest BCUT2D eigenvalue weighted by atomic mass is 10.1. The highest BCUT2D eigenvalue weighted by Crippen LogP contribution is 2.22. The number of aromatic nitrogens is 2. The zero-order chi connectivity index (χ0) is 11.0. The maximum absolute atomic E-state index is 4.46. The second kappa shape index (κ2) is 3.76. The van der Waals surface area contributed by atoms with E-state index in [9.17, 15) is 0 Å². The van der Waals surface area contributed by atoms with Crippen molar-refractivity contribution in [3.05, 3.63) is 41.9 Å². The minimum absolute atomic E-state index is 0.881. The van der Waals surface area contributed by atoms with E-state index in [0.29, 0.717) is 0 Å². The normalized spacial score (nSPS) is 14.8. The number of nitrogens with one attached hydrogen (secondary N) is 1. The Morgan fingerprint density at radius 2 is 2.06 bits per heavy atom. The third-order valence-electron chi connectivity index (χ3n) is 3.08. The molecule has 1 aliphatic rings. The van der Waals surface area contributed by atoms with Crippen molar-refractivity contribution in [2.24, 2.45) is 0 Å². The SMILES string of the molecule is Cc1ccc(-c2cnc3n2CCNC3)cc1. The van der Waals surface area contributed by atoms with Crippen molar-refractivity contribution in [3.8, 4) is 11.3 Å². The van der Waals surface area contributed by atoms with Crippen LogP contribution in [0.5, 0.6) is 0 Å². The Kier molecular flexibility index (Phi) is 2.26. The average molecular weight is 213 g/mol. The van der Waals surface area contributed by atoms with Crippen LogP contribution in [-0.4, -0.2) is 16.1 Å². The van der Waals surface area contributed by atoms with Crippen molar-refractivity contribution in [1.29, 1.82) is 0 Å². The summed E-state index contributed by atoms with van der Waals surface area (Å²) in [4.78, 5) is 4.46. The van der Waals surface area contributed by atoms with E-state index in [1.807, 2.05) is 6.20 Å². The number of hydrogen-bond donors (Lipinski definition) is 1. The van der Waals surface area contributed by atoms with Crippen LogP contribution < -0.4 is 5.32 Å². The Hall–Kier alpha value is -1.61. The molecule has 2 aromatic rings. The van der Waals surface area contributed by atoms with Crippen LogP contribution in [0.2, 0.25) is 0 Å². The number of hydrogen-bond acceptors (Lipinski definition) is 2. The van der Waals surface area contributed by atoms with Gasteiger partial charge in [0.15, 0.2) is 0 Å². The molecule has 0 unspecified atom stereocenters. The van der Waals surface area contributed by atoms with Crippen molar-refractivity contribution in [3.63, 3.8) is 0 Å². The van der Waals surface area contributed by atoms with E-state index in [-0.39, 0.29) is 0 Å². The third-order valence-corrected chi connectivity index (χ3v) is 3.08. The summed E-state index contributed by atoms with van der Waals surface area (Å²) < 4.78 is 2.31. The van der Waals surface area contributed by atoms with E-state index in [1.54, 1.807) is 0 Å². The van der Waals surface area contributed by atoms with Crippen molar-refractivity contribution < 1.29 is 0 Å². The molecule has 0 bridgehead atoms. The molecule has 0 aliphatic carbocycles. The van der Waals surface area contributed by atoms with Crippen molar-refractivity contribution in [1.82, 2.24) is 14.9 Å².